The summed E-state index contributed by atoms with van der Waals surface area (Å²) < 4.78 is 3.61. The Morgan fingerprint density at radius 1 is 1.06 bits per heavy atom. The molecule has 154 valence electrons. The first-order valence-electron chi connectivity index (χ1n) is 9.85. The summed E-state index contributed by atoms with van der Waals surface area (Å²) in [6, 6.07) is 13.1. The first kappa shape index (κ1) is 18.7. The van der Waals surface area contributed by atoms with Crippen LogP contribution in [0.5, 0.6) is 0 Å². The molecule has 0 radical (unpaired) electrons. The summed E-state index contributed by atoms with van der Waals surface area (Å²) in [5.74, 6) is 0.200. The lowest BCUT2D eigenvalue weighted by Crippen LogP contribution is -2.10. The van der Waals surface area contributed by atoms with Crippen molar-refractivity contribution >= 4 is 11.6 Å². The molecule has 31 heavy (non-hydrogen) atoms. The van der Waals surface area contributed by atoms with Gasteiger partial charge < -0.3 is 10.7 Å². The maximum absolute atomic E-state index is 11.4. The molecule has 1 aromatic carbocycles. The van der Waals surface area contributed by atoms with Gasteiger partial charge in [-0.3, -0.25) is 9.48 Å². The highest BCUT2D eigenvalue weighted by atomic mass is 16.1. The molecule has 5 aromatic rings. The van der Waals surface area contributed by atoms with Crippen molar-refractivity contribution in [3.63, 3.8) is 0 Å². The zero-order chi connectivity index (χ0) is 21.5. The number of carbonyl (C=O) groups is 1. The summed E-state index contributed by atoms with van der Waals surface area (Å²) >= 11 is 0. The van der Waals surface area contributed by atoms with Gasteiger partial charge in [0.05, 0.1) is 5.69 Å². The molecule has 0 unspecified atom stereocenters. The summed E-state index contributed by atoms with van der Waals surface area (Å²) in [4.78, 5) is 23.9. The van der Waals surface area contributed by atoms with Crippen LogP contribution in [0.1, 0.15) is 30.2 Å². The molecule has 0 aliphatic heterocycles. The van der Waals surface area contributed by atoms with E-state index in [1.54, 1.807) is 16.6 Å². The topological polar surface area (TPSA) is 120 Å². The minimum absolute atomic E-state index is 0.243. The van der Waals surface area contributed by atoms with Gasteiger partial charge >= 0.3 is 0 Å². The fourth-order valence-corrected chi connectivity index (χ4v) is 3.41. The Bertz CT molecular complexity index is 1390. The van der Waals surface area contributed by atoms with Crippen molar-refractivity contribution in [3.8, 4) is 34.0 Å². The maximum atomic E-state index is 11.4. The van der Waals surface area contributed by atoms with E-state index in [4.69, 9.17) is 15.8 Å². The highest BCUT2D eigenvalue weighted by Gasteiger charge is 2.18. The number of carbonyl (C=O) groups excluding carboxylic acids is 1. The molecule has 0 saturated heterocycles. The van der Waals surface area contributed by atoms with E-state index in [-0.39, 0.29) is 6.04 Å². The number of benzene rings is 1. The highest BCUT2D eigenvalue weighted by Crippen LogP contribution is 2.32. The smallest absolute Gasteiger partial charge is 0.248 e. The highest BCUT2D eigenvalue weighted by molar-refractivity contribution is 5.93. The second-order valence-corrected chi connectivity index (χ2v) is 7.51. The van der Waals surface area contributed by atoms with Crippen molar-refractivity contribution in [1.29, 1.82) is 0 Å². The summed E-state index contributed by atoms with van der Waals surface area (Å²) in [5.41, 5.74) is 10.6. The Morgan fingerprint density at radius 2 is 1.84 bits per heavy atom. The van der Waals surface area contributed by atoms with Gasteiger partial charge in [0.25, 0.3) is 0 Å². The fourth-order valence-electron chi connectivity index (χ4n) is 3.41. The third kappa shape index (κ3) is 3.35. The van der Waals surface area contributed by atoms with Gasteiger partial charge in [0.1, 0.15) is 23.5 Å². The van der Waals surface area contributed by atoms with E-state index < -0.39 is 5.91 Å². The molecular weight excluding hydrogens is 392 g/mol. The molecule has 9 nitrogen and oxygen atoms in total. The van der Waals surface area contributed by atoms with Crippen LogP contribution in [0.4, 0.5) is 0 Å². The Kier molecular flexibility index (Phi) is 4.36. The van der Waals surface area contributed by atoms with Gasteiger partial charge in [0.2, 0.25) is 5.91 Å². The maximum Gasteiger partial charge on any atom is 0.248 e. The van der Waals surface area contributed by atoms with E-state index in [1.165, 1.54) is 6.33 Å². The van der Waals surface area contributed by atoms with Crippen LogP contribution in [-0.4, -0.2) is 40.3 Å². The molecule has 0 aliphatic carbocycles. The van der Waals surface area contributed by atoms with Crippen LogP contribution in [0.25, 0.3) is 39.7 Å². The quantitative estimate of drug-likeness (QED) is 0.459. The molecule has 3 N–H and O–H groups in total. The summed E-state index contributed by atoms with van der Waals surface area (Å²) in [6.45, 7) is 4.16. The number of nitrogens with zero attached hydrogens (tertiary/aromatic N) is 6. The van der Waals surface area contributed by atoms with Crippen LogP contribution >= 0.6 is 0 Å². The van der Waals surface area contributed by atoms with Crippen molar-refractivity contribution in [2.45, 2.75) is 19.9 Å². The lowest BCUT2D eigenvalue weighted by atomic mass is 10.1. The van der Waals surface area contributed by atoms with Crippen LogP contribution in [0.15, 0.2) is 61.2 Å². The van der Waals surface area contributed by atoms with Gasteiger partial charge in [0.15, 0.2) is 5.65 Å². The van der Waals surface area contributed by atoms with Crippen molar-refractivity contribution in [2.24, 2.45) is 5.73 Å². The molecule has 0 atom stereocenters. The zero-order valence-corrected chi connectivity index (χ0v) is 17.0. The van der Waals surface area contributed by atoms with E-state index >= 15 is 0 Å². The number of H-pyrrole nitrogens is 1. The Balaban J connectivity index is 1.66. The van der Waals surface area contributed by atoms with Crippen molar-refractivity contribution < 1.29 is 4.79 Å². The van der Waals surface area contributed by atoms with Crippen molar-refractivity contribution in [3.05, 3.63) is 66.7 Å². The number of imidazole rings is 1. The molecule has 0 saturated carbocycles. The van der Waals surface area contributed by atoms with E-state index in [0.717, 1.165) is 33.9 Å². The molecule has 0 fully saturated rings. The minimum Gasteiger partial charge on any atom is -0.366 e. The number of aromatic amines is 1. The van der Waals surface area contributed by atoms with Gasteiger partial charge in [-0.15, -0.1) is 0 Å². The van der Waals surface area contributed by atoms with Gasteiger partial charge in [-0.1, -0.05) is 12.1 Å². The van der Waals surface area contributed by atoms with Crippen LogP contribution in [-0.2, 0) is 0 Å². The molecule has 0 bridgehead atoms. The number of nitrogens with two attached hydrogens (primary N) is 1. The average molecular weight is 412 g/mol. The molecule has 5 rings (SSSR count). The molecule has 0 spiro atoms. The van der Waals surface area contributed by atoms with E-state index in [0.29, 0.717) is 11.4 Å². The number of fused-ring (bicyclic) bond motifs is 1. The second kappa shape index (κ2) is 7.21. The monoisotopic (exact) mass is 412 g/mol. The largest absolute Gasteiger partial charge is 0.366 e. The van der Waals surface area contributed by atoms with E-state index in [2.05, 4.69) is 28.9 Å². The third-order valence-corrected chi connectivity index (χ3v) is 5.09. The van der Waals surface area contributed by atoms with Crippen LogP contribution in [0.3, 0.4) is 0 Å². The zero-order valence-electron chi connectivity index (χ0n) is 17.0. The first-order chi connectivity index (χ1) is 15.0. The lowest BCUT2D eigenvalue weighted by molar-refractivity contribution is 0.100. The molecule has 4 aromatic heterocycles. The van der Waals surface area contributed by atoms with Crippen LogP contribution in [0.2, 0.25) is 0 Å². The minimum atomic E-state index is -0.465. The number of hydrogen-bond acceptors (Lipinski definition) is 5. The Labute approximate surface area is 177 Å². The summed E-state index contributed by atoms with van der Waals surface area (Å²) in [6.07, 6.45) is 5.36. The lowest BCUT2D eigenvalue weighted by Gasteiger charge is -2.04. The second-order valence-electron chi connectivity index (χ2n) is 7.51. The standard InChI is InChI=1S/C22H20N8O/c1-13(2)29-10-9-17(28-29)20-19(16-7-8-18-24-12-25-30(18)11-16)26-22(27-20)15-5-3-14(4-6-15)21(23)31/h3-13H,1-2H3,(H2,23,31)(H,26,27). The predicted molar refractivity (Wildman–Crippen MR) is 116 cm³/mol. The number of aromatic nitrogens is 7. The Morgan fingerprint density at radius 3 is 2.55 bits per heavy atom. The number of primary amides is 1. The Hall–Kier alpha value is -4.27. The molecule has 9 heteroatoms. The van der Waals surface area contributed by atoms with Crippen molar-refractivity contribution in [2.75, 3.05) is 0 Å². The molecule has 1 amide bonds. The number of rotatable bonds is 5. The van der Waals surface area contributed by atoms with Crippen molar-refractivity contribution in [1.82, 2.24) is 34.3 Å². The van der Waals surface area contributed by atoms with Gasteiger partial charge in [0, 0.05) is 35.1 Å². The fraction of sp³-hybridized carbons (Fsp3) is 0.136. The SMILES string of the molecule is CC(C)n1ccc(-c2[nH]c(-c3ccc(C(N)=O)cc3)nc2-c2ccc3ncnn3c2)n1. The number of nitrogens with one attached hydrogen (secondary N) is 1. The number of pyridine rings is 1. The first-order valence-corrected chi connectivity index (χ1v) is 9.85. The van der Waals surface area contributed by atoms with E-state index in [1.807, 2.05) is 47.4 Å². The molecule has 0 aliphatic rings. The molecule has 4 heterocycles. The molecular formula is C22H20N8O. The predicted octanol–water partition coefficient (Wildman–Crippen LogP) is 3.33. The van der Waals surface area contributed by atoms with E-state index in [9.17, 15) is 4.79 Å². The van der Waals surface area contributed by atoms with Gasteiger partial charge in [-0.2, -0.15) is 10.2 Å². The van der Waals surface area contributed by atoms with Gasteiger partial charge in [-0.25, -0.2) is 14.5 Å². The third-order valence-electron chi connectivity index (χ3n) is 5.09. The number of amides is 1. The van der Waals surface area contributed by atoms with Gasteiger partial charge in [-0.05, 0) is 44.2 Å². The van der Waals surface area contributed by atoms with Crippen LogP contribution < -0.4 is 5.73 Å². The summed E-state index contributed by atoms with van der Waals surface area (Å²) in [7, 11) is 0. The normalized spacial score (nSPS) is 11.5. The average Bonchev–Trinajstić information content (AvgIpc) is 3.51. The van der Waals surface area contributed by atoms with Crippen LogP contribution in [0, 0.1) is 0 Å². The number of hydrogen-bond donors (Lipinski definition) is 2. The summed E-state index contributed by atoms with van der Waals surface area (Å²) in [5, 5.41) is 8.94.